The number of fused-ring (bicyclic) bond motifs is 8. The summed E-state index contributed by atoms with van der Waals surface area (Å²) in [5.74, 6) is 0. The maximum atomic E-state index is 6.59. The molecule has 1 aliphatic rings. The molecule has 0 atom stereocenters. The highest BCUT2D eigenvalue weighted by Crippen LogP contribution is 2.41. The van der Waals surface area contributed by atoms with Crippen LogP contribution in [0.3, 0.4) is 0 Å². The molecule has 3 nitrogen and oxygen atoms in total. The molecule has 0 bridgehead atoms. The summed E-state index contributed by atoms with van der Waals surface area (Å²) in [7, 11) is -0.461. The lowest BCUT2D eigenvalue weighted by atomic mass is 9.78. The number of benzene rings is 4. The van der Waals surface area contributed by atoms with Gasteiger partial charge in [-0.3, -0.25) is 0 Å². The molecule has 4 aromatic carbocycles. The van der Waals surface area contributed by atoms with Crippen LogP contribution in [0.4, 0.5) is 0 Å². The predicted octanol–water partition coefficient (Wildman–Crippen LogP) is 7.38. The second kappa shape index (κ2) is 7.76. The number of rotatable bonds is 1. The quantitative estimate of drug-likeness (QED) is 0.156. The molecule has 4 heteroatoms. The van der Waals surface area contributed by atoms with Crippen LogP contribution in [0.15, 0.2) is 83.8 Å². The Morgan fingerprint density at radius 1 is 0.667 bits per heavy atom. The Balaban J connectivity index is 0.000000724. The first kappa shape index (κ1) is 21.8. The van der Waals surface area contributed by atoms with E-state index >= 15 is 0 Å². The van der Waals surface area contributed by atoms with E-state index in [1.54, 1.807) is 6.08 Å². The molecular weight excluding hydrogens is 407 g/mol. The lowest BCUT2D eigenvalue weighted by molar-refractivity contribution is 0.00578. The van der Waals surface area contributed by atoms with Gasteiger partial charge in [-0.15, -0.1) is 6.58 Å². The van der Waals surface area contributed by atoms with E-state index in [0.29, 0.717) is 0 Å². The summed E-state index contributed by atoms with van der Waals surface area (Å²) in [4.78, 5) is 0. The third-order valence-electron chi connectivity index (χ3n) is 6.91. The van der Waals surface area contributed by atoms with E-state index in [1.165, 1.54) is 16.2 Å². The molecule has 1 saturated heterocycles. The lowest BCUT2D eigenvalue weighted by Crippen LogP contribution is -2.41. The Labute approximate surface area is 195 Å². The standard InChI is InChI=1S/C26H23BO3.C3H6/c1-25(2)26(3,4)30-27(29-25)21-15-9-14-20-22-18-12-7-5-10-16(18)17-11-6-8-13-19(17)24(22)28-23(20)21;1-3-2/h5-15H,1-4H3;3H,1H2,2H3. The van der Waals surface area contributed by atoms with Crippen molar-refractivity contribution in [2.75, 3.05) is 0 Å². The SMILES string of the molecule is C=CC.CC1(C)OB(c2cccc3c2oc2c4ccccc4c4ccccc4c32)OC1(C)C. The molecule has 6 rings (SSSR count). The van der Waals surface area contributed by atoms with Crippen molar-refractivity contribution < 1.29 is 13.7 Å². The van der Waals surface area contributed by atoms with Crippen molar-refractivity contribution >= 4 is 56.1 Å². The zero-order chi connectivity index (χ0) is 23.4. The molecule has 0 unspecified atom stereocenters. The van der Waals surface area contributed by atoms with Crippen LogP contribution in [0.5, 0.6) is 0 Å². The molecule has 2 heterocycles. The summed E-state index contributed by atoms with van der Waals surface area (Å²) in [5, 5.41) is 7.02. The van der Waals surface area contributed by atoms with Crippen LogP contribution in [0, 0.1) is 0 Å². The van der Waals surface area contributed by atoms with E-state index in [0.717, 1.165) is 32.8 Å². The van der Waals surface area contributed by atoms with E-state index in [2.05, 4.69) is 101 Å². The van der Waals surface area contributed by atoms with Gasteiger partial charge < -0.3 is 13.7 Å². The molecule has 166 valence electrons. The van der Waals surface area contributed by atoms with Gasteiger partial charge in [0.2, 0.25) is 0 Å². The Morgan fingerprint density at radius 2 is 1.15 bits per heavy atom. The van der Waals surface area contributed by atoms with Gasteiger partial charge in [0.1, 0.15) is 11.2 Å². The minimum absolute atomic E-state index is 0.398. The average molecular weight is 436 g/mol. The van der Waals surface area contributed by atoms with Crippen LogP contribution < -0.4 is 5.46 Å². The monoisotopic (exact) mass is 436 g/mol. The van der Waals surface area contributed by atoms with Gasteiger partial charge in [0.25, 0.3) is 0 Å². The fourth-order valence-electron chi connectivity index (χ4n) is 4.61. The van der Waals surface area contributed by atoms with Gasteiger partial charge in [-0.25, -0.2) is 0 Å². The van der Waals surface area contributed by atoms with Crippen LogP contribution in [-0.2, 0) is 9.31 Å². The molecular formula is C29H29BO3. The molecule has 0 spiro atoms. The minimum atomic E-state index is -0.461. The van der Waals surface area contributed by atoms with Crippen molar-refractivity contribution in [1.82, 2.24) is 0 Å². The maximum absolute atomic E-state index is 6.59. The van der Waals surface area contributed by atoms with Crippen molar-refractivity contribution in [3.05, 3.63) is 79.4 Å². The molecule has 1 fully saturated rings. The van der Waals surface area contributed by atoms with Crippen molar-refractivity contribution in [3.63, 3.8) is 0 Å². The highest BCUT2D eigenvalue weighted by atomic mass is 16.7. The molecule has 0 radical (unpaired) electrons. The van der Waals surface area contributed by atoms with Gasteiger partial charge in [0.05, 0.1) is 11.2 Å². The summed E-state index contributed by atoms with van der Waals surface area (Å²) < 4.78 is 19.3. The molecule has 1 aromatic heterocycles. The molecule has 33 heavy (non-hydrogen) atoms. The molecule has 0 saturated carbocycles. The minimum Gasteiger partial charge on any atom is -0.456 e. The van der Waals surface area contributed by atoms with Gasteiger partial charge in [0, 0.05) is 21.6 Å². The van der Waals surface area contributed by atoms with Crippen LogP contribution in [0.25, 0.3) is 43.5 Å². The summed E-state index contributed by atoms with van der Waals surface area (Å²) in [6.07, 6.45) is 1.75. The Hall–Kier alpha value is -3.08. The van der Waals surface area contributed by atoms with Gasteiger partial charge >= 0.3 is 7.12 Å². The van der Waals surface area contributed by atoms with Gasteiger partial charge in [0.15, 0.2) is 0 Å². The van der Waals surface area contributed by atoms with Crippen LogP contribution in [0.2, 0.25) is 0 Å². The average Bonchev–Trinajstić information content (AvgIpc) is 3.28. The summed E-state index contributed by atoms with van der Waals surface area (Å²) >= 11 is 0. The summed E-state index contributed by atoms with van der Waals surface area (Å²) in [5.41, 5.74) is 1.91. The highest BCUT2D eigenvalue weighted by Gasteiger charge is 2.52. The van der Waals surface area contributed by atoms with Crippen LogP contribution in [-0.4, -0.2) is 18.3 Å². The first-order valence-corrected chi connectivity index (χ1v) is 11.5. The molecule has 0 aliphatic carbocycles. The molecule has 1 aliphatic heterocycles. The van der Waals surface area contributed by atoms with E-state index in [4.69, 9.17) is 13.7 Å². The van der Waals surface area contributed by atoms with E-state index in [-0.39, 0.29) is 0 Å². The third-order valence-corrected chi connectivity index (χ3v) is 6.91. The molecule has 5 aromatic rings. The van der Waals surface area contributed by atoms with Crippen molar-refractivity contribution in [2.45, 2.75) is 45.8 Å². The van der Waals surface area contributed by atoms with E-state index in [9.17, 15) is 0 Å². The fraction of sp³-hybridized carbons (Fsp3) is 0.241. The number of allylic oxidation sites excluding steroid dienone is 1. The zero-order valence-corrected chi connectivity index (χ0v) is 19.9. The van der Waals surface area contributed by atoms with E-state index in [1.807, 2.05) is 6.92 Å². The summed E-state index contributed by atoms with van der Waals surface area (Å²) in [6.45, 7) is 13.6. The zero-order valence-electron chi connectivity index (χ0n) is 19.9. The predicted molar refractivity (Wildman–Crippen MR) is 140 cm³/mol. The van der Waals surface area contributed by atoms with Gasteiger partial charge in [-0.05, 0) is 50.8 Å². The van der Waals surface area contributed by atoms with E-state index < -0.39 is 18.3 Å². The second-order valence-electron chi connectivity index (χ2n) is 9.62. The lowest BCUT2D eigenvalue weighted by Gasteiger charge is -2.32. The molecule has 0 amide bonds. The largest absolute Gasteiger partial charge is 0.498 e. The molecule has 0 N–H and O–H groups in total. The van der Waals surface area contributed by atoms with Crippen LogP contribution in [0.1, 0.15) is 34.6 Å². The third kappa shape index (κ3) is 3.28. The smallest absolute Gasteiger partial charge is 0.456 e. The van der Waals surface area contributed by atoms with Crippen LogP contribution >= 0.6 is 0 Å². The topological polar surface area (TPSA) is 31.6 Å². The van der Waals surface area contributed by atoms with Gasteiger partial charge in [-0.2, -0.15) is 0 Å². The Kier molecular flexibility index (Phi) is 5.11. The number of hydrogen-bond acceptors (Lipinski definition) is 3. The Bertz CT molecular complexity index is 1490. The number of para-hydroxylation sites is 1. The van der Waals surface area contributed by atoms with Crippen molar-refractivity contribution in [1.29, 1.82) is 0 Å². The highest BCUT2D eigenvalue weighted by molar-refractivity contribution is 6.65. The second-order valence-corrected chi connectivity index (χ2v) is 9.62. The van der Waals surface area contributed by atoms with Gasteiger partial charge in [-0.1, -0.05) is 72.8 Å². The number of furan rings is 1. The Morgan fingerprint density at radius 3 is 1.76 bits per heavy atom. The van der Waals surface area contributed by atoms with Crippen molar-refractivity contribution in [3.8, 4) is 0 Å². The van der Waals surface area contributed by atoms with Crippen molar-refractivity contribution in [2.24, 2.45) is 0 Å². The maximum Gasteiger partial charge on any atom is 0.498 e. The normalized spacial score (nSPS) is 16.9. The first-order valence-electron chi connectivity index (χ1n) is 11.5. The number of hydrogen-bond donors (Lipinski definition) is 0. The summed E-state index contributed by atoms with van der Waals surface area (Å²) in [6, 6.07) is 23.3. The fourth-order valence-corrected chi connectivity index (χ4v) is 4.61. The first-order chi connectivity index (χ1) is 15.8.